The van der Waals surface area contributed by atoms with Crippen LogP contribution in [0.3, 0.4) is 0 Å². The molecule has 0 saturated heterocycles. The summed E-state index contributed by atoms with van der Waals surface area (Å²) in [6, 6.07) is 1.48. The zero-order valence-electron chi connectivity index (χ0n) is 8.00. The Morgan fingerprint density at radius 1 is 1.36 bits per heavy atom. The van der Waals surface area contributed by atoms with Gasteiger partial charge in [0, 0.05) is 11.8 Å². The molecule has 1 heterocycles. The molecular formula is C11H9NO2. The lowest BCUT2D eigenvalue weighted by molar-refractivity contribution is 0.101. The van der Waals surface area contributed by atoms with Gasteiger partial charge in [-0.1, -0.05) is 0 Å². The van der Waals surface area contributed by atoms with E-state index in [-0.39, 0.29) is 17.3 Å². The first-order chi connectivity index (χ1) is 6.56. The summed E-state index contributed by atoms with van der Waals surface area (Å²) in [4.78, 5) is 26.0. The van der Waals surface area contributed by atoms with Crippen molar-refractivity contribution in [2.45, 2.75) is 13.8 Å². The third-order valence-electron chi connectivity index (χ3n) is 1.81. The molecule has 1 aromatic heterocycles. The van der Waals surface area contributed by atoms with Gasteiger partial charge in [-0.25, -0.2) is 4.98 Å². The minimum Gasteiger partial charge on any atom is -0.294 e. The van der Waals surface area contributed by atoms with Gasteiger partial charge in [-0.15, -0.1) is 6.42 Å². The molecule has 0 amide bonds. The fourth-order valence-corrected chi connectivity index (χ4v) is 1.04. The minimum atomic E-state index is -0.187. The molecule has 0 atom stereocenters. The number of carbonyl (C=O) groups is 2. The Morgan fingerprint density at radius 3 is 2.43 bits per heavy atom. The number of aromatic nitrogens is 1. The molecule has 3 heteroatoms. The molecule has 0 N–H and O–H groups in total. The van der Waals surface area contributed by atoms with Gasteiger partial charge < -0.3 is 0 Å². The fraction of sp³-hybridized carbons (Fsp3) is 0.182. The molecule has 0 aliphatic carbocycles. The summed E-state index contributed by atoms with van der Waals surface area (Å²) in [5.74, 6) is 1.98. The van der Waals surface area contributed by atoms with Gasteiger partial charge in [-0.2, -0.15) is 0 Å². The van der Waals surface area contributed by atoms with Crippen molar-refractivity contribution in [1.82, 2.24) is 4.98 Å². The number of terminal acetylenes is 1. The molecule has 70 valence electrons. The van der Waals surface area contributed by atoms with Crippen LogP contribution in [-0.4, -0.2) is 16.6 Å². The van der Waals surface area contributed by atoms with Gasteiger partial charge in [0.25, 0.3) is 0 Å². The standard InChI is InChI=1S/C11H9NO2/c1-4-11-10(8(3)14)5-9(6-12-11)7(2)13/h1,5-6H,2-3H3. The number of pyridine rings is 1. The number of hydrogen-bond donors (Lipinski definition) is 0. The van der Waals surface area contributed by atoms with Gasteiger partial charge in [-0.3, -0.25) is 9.59 Å². The van der Waals surface area contributed by atoms with E-state index in [1.807, 2.05) is 0 Å². The first-order valence-corrected chi connectivity index (χ1v) is 4.04. The normalized spacial score (nSPS) is 9.21. The Morgan fingerprint density at radius 2 is 2.00 bits per heavy atom. The molecule has 0 aliphatic rings. The quantitative estimate of drug-likeness (QED) is 0.520. The molecule has 0 bridgehead atoms. The van der Waals surface area contributed by atoms with Crippen LogP contribution in [0.15, 0.2) is 12.3 Å². The Hall–Kier alpha value is -1.95. The van der Waals surface area contributed by atoms with Gasteiger partial charge >= 0.3 is 0 Å². The number of rotatable bonds is 2. The van der Waals surface area contributed by atoms with E-state index in [1.54, 1.807) is 0 Å². The fourth-order valence-electron chi connectivity index (χ4n) is 1.04. The number of Topliss-reactive ketones (excluding diaryl/α,β-unsaturated/α-hetero) is 2. The lowest BCUT2D eigenvalue weighted by Gasteiger charge is -2.01. The average Bonchev–Trinajstić information content (AvgIpc) is 2.16. The van der Waals surface area contributed by atoms with Gasteiger partial charge in [-0.05, 0) is 25.8 Å². The van der Waals surface area contributed by atoms with Crippen LogP contribution in [0.5, 0.6) is 0 Å². The van der Waals surface area contributed by atoms with E-state index >= 15 is 0 Å². The van der Waals surface area contributed by atoms with Crippen LogP contribution >= 0.6 is 0 Å². The summed E-state index contributed by atoms with van der Waals surface area (Å²) in [6.07, 6.45) is 6.54. The van der Waals surface area contributed by atoms with E-state index in [0.717, 1.165) is 0 Å². The van der Waals surface area contributed by atoms with Crippen molar-refractivity contribution in [1.29, 1.82) is 0 Å². The minimum absolute atomic E-state index is 0.136. The summed E-state index contributed by atoms with van der Waals surface area (Å²) in [7, 11) is 0. The summed E-state index contributed by atoms with van der Waals surface area (Å²) in [5, 5.41) is 0. The molecule has 1 rings (SSSR count). The van der Waals surface area contributed by atoms with Gasteiger partial charge in [0.1, 0.15) is 5.69 Å². The van der Waals surface area contributed by atoms with Crippen LogP contribution in [0, 0.1) is 12.3 Å². The SMILES string of the molecule is C#Cc1ncc(C(C)=O)cc1C(C)=O. The van der Waals surface area contributed by atoms with E-state index in [9.17, 15) is 9.59 Å². The predicted octanol–water partition coefficient (Wildman–Crippen LogP) is 1.47. The van der Waals surface area contributed by atoms with Gasteiger partial charge in [0.15, 0.2) is 11.6 Å². The smallest absolute Gasteiger partial charge is 0.162 e. The summed E-state index contributed by atoms with van der Waals surface area (Å²) in [6.45, 7) is 2.80. The van der Waals surface area contributed by atoms with Gasteiger partial charge in [0.05, 0.1) is 5.56 Å². The molecule has 1 aromatic rings. The zero-order valence-corrected chi connectivity index (χ0v) is 8.00. The first kappa shape index (κ1) is 10.1. The predicted molar refractivity (Wildman–Crippen MR) is 52.2 cm³/mol. The van der Waals surface area contributed by atoms with Crippen molar-refractivity contribution in [3.05, 3.63) is 29.1 Å². The molecule has 0 aromatic carbocycles. The highest BCUT2D eigenvalue weighted by atomic mass is 16.1. The molecule has 0 spiro atoms. The Balaban J connectivity index is 3.37. The maximum absolute atomic E-state index is 11.2. The van der Waals surface area contributed by atoms with Crippen LogP contribution in [0.2, 0.25) is 0 Å². The molecule has 3 nitrogen and oxygen atoms in total. The van der Waals surface area contributed by atoms with E-state index in [1.165, 1.54) is 26.1 Å². The lowest BCUT2D eigenvalue weighted by atomic mass is 10.1. The topological polar surface area (TPSA) is 47.0 Å². The van der Waals surface area contributed by atoms with Crippen LogP contribution in [0.25, 0.3) is 0 Å². The highest BCUT2D eigenvalue weighted by molar-refractivity contribution is 6.00. The highest BCUT2D eigenvalue weighted by Gasteiger charge is 2.09. The van der Waals surface area contributed by atoms with Crippen molar-refractivity contribution in [2.24, 2.45) is 0 Å². The summed E-state index contributed by atoms with van der Waals surface area (Å²) >= 11 is 0. The van der Waals surface area contributed by atoms with Crippen LogP contribution in [0.4, 0.5) is 0 Å². The molecule has 0 radical (unpaired) electrons. The van der Waals surface area contributed by atoms with E-state index in [4.69, 9.17) is 6.42 Å². The van der Waals surface area contributed by atoms with Crippen molar-refractivity contribution in [3.63, 3.8) is 0 Å². The maximum atomic E-state index is 11.2. The molecule has 0 saturated carbocycles. The van der Waals surface area contributed by atoms with Crippen molar-refractivity contribution in [2.75, 3.05) is 0 Å². The summed E-state index contributed by atoms with van der Waals surface area (Å²) < 4.78 is 0. The largest absolute Gasteiger partial charge is 0.294 e. The Kier molecular flexibility index (Phi) is 2.78. The number of carbonyl (C=O) groups excluding carboxylic acids is 2. The molecule has 0 fully saturated rings. The van der Waals surface area contributed by atoms with Crippen LogP contribution in [-0.2, 0) is 0 Å². The first-order valence-electron chi connectivity index (χ1n) is 4.04. The third-order valence-corrected chi connectivity index (χ3v) is 1.81. The third kappa shape index (κ3) is 1.86. The molecular weight excluding hydrogens is 178 g/mol. The second-order valence-electron chi connectivity index (χ2n) is 2.88. The van der Waals surface area contributed by atoms with Crippen molar-refractivity contribution in [3.8, 4) is 12.3 Å². The lowest BCUT2D eigenvalue weighted by Crippen LogP contribution is -2.03. The second kappa shape index (κ2) is 3.84. The van der Waals surface area contributed by atoms with E-state index in [0.29, 0.717) is 11.1 Å². The Bertz CT molecular complexity index is 441. The number of hydrogen-bond acceptors (Lipinski definition) is 3. The maximum Gasteiger partial charge on any atom is 0.162 e. The average molecular weight is 187 g/mol. The second-order valence-corrected chi connectivity index (χ2v) is 2.88. The molecule has 0 unspecified atom stereocenters. The van der Waals surface area contributed by atoms with E-state index in [2.05, 4.69) is 10.9 Å². The van der Waals surface area contributed by atoms with Gasteiger partial charge in [0.2, 0.25) is 0 Å². The monoisotopic (exact) mass is 187 g/mol. The van der Waals surface area contributed by atoms with Crippen molar-refractivity contribution < 1.29 is 9.59 Å². The van der Waals surface area contributed by atoms with E-state index < -0.39 is 0 Å². The number of nitrogens with zero attached hydrogens (tertiary/aromatic N) is 1. The van der Waals surface area contributed by atoms with Crippen molar-refractivity contribution >= 4 is 11.6 Å². The molecule has 0 aliphatic heterocycles. The number of ketones is 2. The van der Waals surface area contributed by atoms with Crippen LogP contribution in [0.1, 0.15) is 40.3 Å². The summed E-state index contributed by atoms with van der Waals surface area (Å²) in [5.41, 5.74) is 0.997. The molecule has 14 heavy (non-hydrogen) atoms. The highest BCUT2D eigenvalue weighted by Crippen LogP contribution is 2.09. The zero-order chi connectivity index (χ0) is 10.7. The van der Waals surface area contributed by atoms with Crippen LogP contribution < -0.4 is 0 Å². The Labute approximate surface area is 82.2 Å².